The molecule has 0 saturated heterocycles. The molecule has 5 heteroatoms. The van der Waals surface area contributed by atoms with Crippen molar-refractivity contribution < 1.29 is 9.21 Å². The highest BCUT2D eigenvalue weighted by Gasteiger charge is 2.32. The fourth-order valence-corrected chi connectivity index (χ4v) is 3.37. The van der Waals surface area contributed by atoms with E-state index in [2.05, 4.69) is 11.4 Å². The minimum atomic E-state index is -0.271. The number of nitrogens with zero attached hydrogens (tertiary/aromatic N) is 1. The Labute approximate surface area is 109 Å². The van der Waals surface area contributed by atoms with Crippen LogP contribution in [0.1, 0.15) is 16.5 Å². The van der Waals surface area contributed by atoms with Crippen LogP contribution in [0.5, 0.6) is 0 Å². The molecule has 3 rings (SSSR count). The smallest absolute Gasteiger partial charge is 0.251 e. The molecule has 1 atom stereocenters. The zero-order valence-electron chi connectivity index (χ0n) is 10.1. The van der Waals surface area contributed by atoms with Gasteiger partial charge in [0, 0.05) is 17.5 Å². The second-order valence-electron chi connectivity index (χ2n) is 4.22. The van der Waals surface area contributed by atoms with Crippen molar-refractivity contribution in [3.05, 3.63) is 40.3 Å². The van der Waals surface area contributed by atoms with Gasteiger partial charge in [0.1, 0.15) is 6.04 Å². The molecule has 1 unspecified atom stereocenters. The Balaban J connectivity index is 1.99. The first kappa shape index (κ1) is 11.5. The third-order valence-electron chi connectivity index (χ3n) is 3.22. The fraction of sp³-hybridized carbons (Fsp3) is 0.308. The molecule has 4 nitrogen and oxygen atoms in total. The monoisotopic (exact) mass is 262 g/mol. The molecule has 0 fully saturated rings. The molecule has 1 N–H and O–H groups in total. The van der Waals surface area contributed by atoms with Gasteiger partial charge in [0.05, 0.1) is 6.26 Å². The van der Waals surface area contributed by atoms with Gasteiger partial charge >= 0.3 is 0 Å². The van der Waals surface area contributed by atoms with Crippen LogP contribution in [0.2, 0.25) is 0 Å². The van der Waals surface area contributed by atoms with Crippen molar-refractivity contribution in [1.29, 1.82) is 0 Å². The van der Waals surface area contributed by atoms with Gasteiger partial charge in [0.15, 0.2) is 0 Å². The minimum Gasteiger partial charge on any atom is -0.448 e. The summed E-state index contributed by atoms with van der Waals surface area (Å²) >= 11 is 1.63. The molecule has 0 aliphatic carbocycles. The van der Waals surface area contributed by atoms with E-state index in [1.807, 2.05) is 18.5 Å². The number of furan rings is 1. The van der Waals surface area contributed by atoms with Crippen LogP contribution in [0.25, 0.3) is 0 Å². The summed E-state index contributed by atoms with van der Waals surface area (Å²) in [4.78, 5) is 15.4. The molecule has 0 saturated carbocycles. The summed E-state index contributed by atoms with van der Waals surface area (Å²) in [5.41, 5.74) is 1.25. The van der Waals surface area contributed by atoms with Crippen LogP contribution >= 0.6 is 11.3 Å². The van der Waals surface area contributed by atoms with Gasteiger partial charge in [-0.15, -0.1) is 11.3 Å². The van der Waals surface area contributed by atoms with Gasteiger partial charge in [-0.2, -0.15) is 0 Å². The molecule has 1 aliphatic rings. The standard InChI is InChI=1S/C13H14N2O2S/c1-14-11-12-9(5-8-18-12)4-6-15(13(11)16)10-3-2-7-17-10/h2-3,5,7-8,11,14H,4,6H2,1H3. The Kier molecular flexibility index (Phi) is 2.93. The number of fused-ring (bicyclic) bond motifs is 1. The maximum Gasteiger partial charge on any atom is 0.251 e. The van der Waals surface area contributed by atoms with E-state index in [1.54, 1.807) is 28.6 Å². The van der Waals surface area contributed by atoms with Crippen molar-refractivity contribution in [3.63, 3.8) is 0 Å². The van der Waals surface area contributed by atoms with Crippen LogP contribution in [0, 0.1) is 0 Å². The van der Waals surface area contributed by atoms with E-state index >= 15 is 0 Å². The molecule has 1 amide bonds. The summed E-state index contributed by atoms with van der Waals surface area (Å²) in [6.45, 7) is 0.661. The number of nitrogens with one attached hydrogen (secondary N) is 1. The van der Waals surface area contributed by atoms with Gasteiger partial charge in [0.2, 0.25) is 5.88 Å². The number of carbonyl (C=O) groups excluding carboxylic acids is 1. The van der Waals surface area contributed by atoms with E-state index in [9.17, 15) is 4.79 Å². The number of rotatable bonds is 2. The first-order chi connectivity index (χ1) is 8.81. The lowest BCUT2D eigenvalue weighted by Crippen LogP contribution is -2.38. The molecule has 3 heterocycles. The molecule has 18 heavy (non-hydrogen) atoms. The first-order valence-corrected chi connectivity index (χ1v) is 6.77. The molecule has 2 aromatic rings. The zero-order chi connectivity index (χ0) is 12.5. The maximum atomic E-state index is 12.5. The Morgan fingerprint density at radius 2 is 2.39 bits per heavy atom. The van der Waals surface area contributed by atoms with E-state index in [-0.39, 0.29) is 11.9 Å². The topological polar surface area (TPSA) is 45.5 Å². The highest BCUT2D eigenvalue weighted by molar-refractivity contribution is 7.10. The lowest BCUT2D eigenvalue weighted by molar-refractivity contribution is -0.120. The fourth-order valence-electron chi connectivity index (χ4n) is 2.31. The van der Waals surface area contributed by atoms with Crippen LogP contribution < -0.4 is 10.2 Å². The Morgan fingerprint density at radius 3 is 3.11 bits per heavy atom. The van der Waals surface area contributed by atoms with Crippen molar-refractivity contribution in [2.45, 2.75) is 12.5 Å². The third-order valence-corrected chi connectivity index (χ3v) is 4.25. The predicted molar refractivity (Wildman–Crippen MR) is 70.9 cm³/mol. The number of likely N-dealkylation sites (N-methyl/N-ethyl adjacent to an activating group) is 1. The van der Waals surface area contributed by atoms with Gasteiger partial charge in [-0.1, -0.05) is 0 Å². The summed E-state index contributed by atoms with van der Waals surface area (Å²) < 4.78 is 5.35. The molecule has 0 aromatic carbocycles. The van der Waals surface area contributed by atoms with Crippen molar-refractivity contribution in [2.24, 2.45) is 0 Å². The second kappa shape index (κ2) is 4.59. The van der Waals surface area contributed by atoms with Gasteiger partial charge in [0.25, 0.3) is 5.91 Å². The summed E-state index contributed by atoms with van der Waals surface area (Å²) in [5.74, 6) is 0.670. The first-order valence-electron chi connectivity index (χ1n) is 5.89. The lowest BCUT2D eigenvalue weighted by atomic mass is 10.1. The predicted octanol–water partition coefficient (Wildman–Crippen LogP) is 2.19. The Bertz CT molecular complexity index is 547. The average molecular weight is 262 g/mol. The lowest BCUT2D eigenvalue weighted by Gasteiger charge is -2.21. The van der Waals surface area contributed by atoms with E-state index in [0.29, 0.717) is 12.4 Å². The van der Waals surface area contributed by atoms with E-state index in [1.165, 1.54) is 5.56 Å². The summed E-state index contributed by atoms with van der Waals surface area (Å²) in [6, 6.07) is 5.46. The molecule has 94 valence electrons. The maximum absolute atomic E-state index is 12.5. The Morgan fingerprint density at radius 1 is 1.50 bits per heavy atom. The van der Waals surface area contributed by atoms with Crippen LogP contribution in [-0.2, 0) is 11.2 Å². The summed E-state index contributed by atoms with van der Waals surface area (Å²) in [6.07, 6.45) is 2.46. The van der Waals surface area contributed by atoms with Crippen LogP contribution in [0.4, 0.5) is 5.88 Å². The summed E-state index contributed by atoms with van der Waals surface area (Å²) in [5, 5.41) is 5.15. The molecule has 2 aromatic heterocycles. The molecular formula is C13H14N2O2S. The number of anilines is 1. The van der Waals surface area contributed by atoms with Crippen molar-refractivity contribution in [1.82, 2.24) is 5.32 Å². The highest BCUT2D eigenvalue weighted by Crippen LogP contribution is 2.31. The third kappa shape index (κ3) is 1.76. The largest absolute Gasteiger partial charge is 0.448 e. The second-order valence-corrected chi connectivity index (χ2v) is 5.17. The van der Waals surface area contributed by atoms with Crippen molar-refractivity contribution >= 4 is 23.1 Å². The van der Waals surface area contributed by atoms with Crippen LogP contribution in [0.15, 0.2) is 34.3 Å². The highest BCUT2D eigenvalue weighted by atomic mass is 32.1. The van der Waals surface area contributed by atoms with Crippen LogP contribution in [0.3, 0.4) is 0 Å². The van der Waals surface area contributed by atoms with Gasteiger partial charge in [-0.3, -0.25) is 9.69 Å². The van der Waals surface area contributed by atoms with E-state index < -0.39 is 0 Å². The zero-order valence-corrected chi connectivity index (χ0v) is 10.9. The molecule has 0 radical (unpaired) electrons. The van der Waals surface area contributed by atoms with Gasteiger partial charge in [-0.05, 0) is 36.5 Å². The summed E-state index contributed by atoms with van der Waals surface area (Å²) in [7, 11) is 1.82. The van der Waals surface area contributed by atoms with Gasteiger partial charge < -0.3 is 9.73 Å². The van der Waals surface area contributed by atoms with Crippen molar-refractivity contribution in [3.8, 4) is 0 Å². The van der Waals surface area contributed by atoms with E-state index in [4.69, 9.17) is 4.42 Å². The normalized spacial score (nSPS) is 19.7. The average Bonchev–Trinajstić information content (AvgIpc) is 3.01. The molecule has 0 bridgehead atoms. The van der Waals surface area contributed by atoms with E-state index in [0.717, 1.165) is 11.3 Å². The molecular weight excluding hydrogens is 248 g/mol. The quantitative estimate of drug-likeness (QED) is 0.902. The number of carbonyl (C=O) groups is 1. The number of hydrogen-bond acceptors (Lipinski definition) is 4. The number of thiophene rings is 1. The number of amides is 1. The number of hydrogen-bond donors (Lipinski definition) is 1. The molecule has 1 aliphatic heterocycles. The minimum absolute atomic E-state index is 0.0497. The van der Waals surface area contributed by atoms with Gasteiger partial charge in [-0.25, -0.2) is 0 Å². The molecule has 0 spiro atoms. The van der Waals surface area contributed by atoms with Crippen LogP contribution in [-0.4, -0.2) is 19.5 Å². The Hall–Kier alpha value is -1.59. The SMILES string of the molecule is CNC1C(=O)N(c2ccco2)CCc2ccsc21. The van der Waals surface area contributed by atoms with Crippen molar-refractivity contribution in [2.75, 3.05) is 18.5 Å².